The van der Waals surface area contributed by atoms with Gasteiger partial charge < -0.3 is 14.6 Å². The quantitative estimate of drug-likeness (QED) is 0.513. The van der Waals surface area contributed by atoms with Gasteiger partial charge in [-0.3, -0.25) is 0 Å². The van der Waals surface area contributed by atoms with Crippen molar-refractivity contribution >= 4 is 40.3 Å². The lowest BCUT2D eigenvalue weighted by atomic mass is 10.0. The molecule has 2 heterocycles. The van der Waals surface area contributed by atoms with Crippen LogP contribution in [0.25, 0.3) is 33.6 Å². The summed E-state index contributed by atoms with van der Waals surface area (Å²) >= 11 is 7.94. The normalized spacial score (nSPS) is 11.2. The minimum atomic E-state index is 0.0388. The van der Waals surface area contributed by atoms with Gasteiger partial charge in [-0.2, -0.15) is 0 Å². The molecule has 4 rings (SSSR count). The molecule has 0 saturated carbocycles. The monoisotopic (exact) mass is 357 g/mol. The predicted molar refractivity (Wildman–Crippen MR) is 96.1 cm³/mol. The second-order valence-electron chi connectivity index (χ2n) is 5.16. The Morgan fingerprint density at radius 2 is 1.92 bits per heavy atom. The SMILES string of the molecule is CSc1ccc(-c2coc3ccc(-c4nnc(N)o4)cc23)cc1Cl. The molecule has 0 unspecified atom stereocenters. The van der Waals surface area contributed by atoms with Crippen LogP contribution in [-0.4, -0.2) is 16.5 Å². The predicted octanol–water partition coefficient (Wildman–Crippen LogP) is 5.11. The number of nitrogen functional groups attached to an aromatic ring is 1. The summed E-state index contributed by atoms with van der Waals surface area (Å²) in [5.41, 5.74) is 8.98. The molecule has 24 heavy (non-hydrogen) atoms. The summed E-state index contributed by atoms with van der Waals surface area (Å²) in [4.78, 5) is 1.04. The van der Waals surface area contributed by atoms with Crippen LogP contribution in [0.4, 0.5) is 6.01 Å². The summed E-state index contributed by atoms with van der Waals surface area (Å²) in [5.74, 6) is 0.373. The highest BCUT2D eigenvalue weighted by Crippen LogP contribution is 2.36. The summed E-state index contributed by atoms with van der Waals surface area (Å²) in [6.45, 7) is 0. The van der Waals surface area contributed by atoms with Crippen LogP contribution in [0.3, 0.4) is 0 Å². The van der Waals surface area contributed by atoms with Gasteiger partial charge in [0.05, 0.1) is 11.3 Å². The Bertz CT molecular complexity index is 1040. The third-order valence-corrected chi connectivity index (χ3v) is 4.94. The summed E-state index contributed by atoms with van der Waals surface area (Å²) < 4.78 is 10.9. The van der Waals surface area contributed by atoms with Crippen molar-refractivity contribution in [2.45, 2.75) is 4.90 Å². The van der Waals surface area contributed by atoms with Crippen LogP contribution in [0.1, 0.15) is 0 Å². The van der Waals surface area contributed by atoms with Crippen molar-refractivity contribution in [1.29, 1.82) is 0 Å². The fraction of sp³-hybridized carbons (Fsp3) is 0.0588. The van der Waals surface area contributed by atoms with Crippen LogP contribution in [-0.2, 0) is 0 Å². The summed E-state index contributed by atoms with van der Waals surface area (Å²) in [6.07, 6.45) is 3.72. The molecule has 0 aliphatic carbocycles. The second-order valence-corrected chi connectivity index (χ2v) is 6.41. The molecule has 0 saturated heterocycles. The zero-order chi connectivity index (χ0) is 16.7. The van der Waals surface area contributed by atoms with E-state index in [1.807, 2.05) is 42.7 Å². The molecular formula is C17H12ClN3O2S. The molecule has 0 spiro atoms. The number of furan rings is 1. The molecular weight excluding hydrogens is 346 g/mol. The highest BCUT2D eigenvalue weighted by Gasteiger charge is 2.13. The third-order valence-electron chi connectivity index (χ3n) is 3.72. The first kappa shape index (κ1) is 15.1. The molecule has 0 bridgehead atoms. The van der Waals surface area contributed by atoms with Gasteiger partial charge in [0, 0.05) is 21.4 Å². The van der Waals surface area contributed by atoms with Crippen molar-refractivity contribution in [3.8, 4) is 22.6 Å². The largest absolute Gasteiger partial charge is 0.464 e. The molecule has 7 heteroatoms. The van der Waals surface area contributed by atoms with E-state index in [1.54, 1.807) is 18.0 Å². The zero-order valence-electron chi connectivity index (χ0n) is 12.6. The molecule has 2 aromatic carbocycles. The van der Waals surface area contributed by atoms with Crippen molar-refractivity contribution in [3.63, 3.8) is 0 Å². The van der Waals surface area contributed by atoms with E-state index < -0.39 is 0 Å². The minimum absolute atomic E-state index is 0.0388. The number of fused-ring (bicyclic) bond motifs is 1. The van der Waals surface area contributed by atoms with E-state index >= 15 is 0 Å². The topological polar surface area (TPSA) is 78.1 Å². The molecule has 2 aromatic heterocycles. The molecule has 0 amide bonds. The van der Waals surface area contributed by atoms with Gasteiger partial charge in [0.25, 0.3) is 0 Å². The van der Waals surface area contributed by atoms with Crippen LogP contribution >= 0.6 is 23.4 Å². The maximum atomic E-state index is 6.33. The van der Waals surface area contributed by atoms with Gasteiger partial charge in [0.2, 0.25) is 5.89 Å². The Labute approximate surface area is 146 Å². The van der Waals surface area contributed by atoms with Crippen LogP contribution in [0.2, 0.25) is 5.02 Å². The van der Waals surface area contributed by atoms with Gasteiger partial charge >= 0.3 is 6.01 Å². The molecule has 4 aromatic rings. The van der Waals surface area contributed by atoms with Crippen LogP contribution in [0, 0.1) is 0 Å². The van der Waals surface area contributed by atoms with Gasteiger partial charge in [0.1, 0.15) is 5.58 Å². The Balaban J connectivity index is 1.85. The molecule has 2 N–H and O–H groups in total. The number of halogens is 1. The minimum Gasteiger partial charge on any atom is -0.464 e. The molecule has 0 radical (unpaired) electrons. The number of rotatable bonds is 3. The Hall–Kier alpha value is -2.44. The Morgan fingerprint density at radius 3 is 2.62 bits per heavy atom. The lowest BCUT2D eigenvalue weighted by Crippen LogP contribution is -1.81. The van der Waals surface area contributed by atoms with Gasteiger partial charge in [0.15, 0.2) is 0 Å². The smallest absolute Gasteiger partial charge is 0.313 e. The Morgan fingerprint density at radius 1 is 1.08 bits per heavy atom. The van der Waals surface area contributed by atoms with Crippen molar-refractivity contribution in [2.24, 2.45) is 0 Å². The van der Waals surface area contributed by atoms with Crippen molar-refractivity contribution in [3.05, 3.63) is 47.7 Å². The summed E-state index contributed by atoms with van der Waals surface area (Å²) in [7, 11) is 0. The molecule has 0 aliphatic heterocycles. The number of nitrogens with zero attached hydrogens (tertiary/aromatic N) is 2. The standard InChI is InChI=1S/C17H12ClN3O2S/c1-24-15-5-3-9(7-13(15)18)12-8-22-14-4-2-10(6-11(12)14)16-20-21-17(19)23-16/h2-8H,1H3,(H2,19,21). The summed E-state index contributed by atoms with van der Waals surface area (Å²) in [6, 6.07) is 11.7. The highest BCUT2D eigenvalue weighted by atomic mass is 35.5. The first-order valence-corrected chi connectivity index (χ1v) is 8.70. The number of benzene rings is 2. The van der Waals surface area contributed by atoms with Crippen LogP contribution < -0.4 is 5.73 Å². The molecule has 120 valence electrons. The number of hydrogen-bond acceptors (Lipinski definition) is 6. The summed E-state index contributed by atoms with van der Waals surface area (Å²) in [5, 5.41) is 9.27. The molecule has 0 aliphatic rings. The van der Waals surface area contributed by atoms with Gasteiger partial charge in [-0.25, -0.2) is 0 Å². The van der Waals surface area contributed by atoms with Gasteiger partial charge in [-0.1, -0.05) is 22.8 Å². The van der Waals surface area contributed by atoms with Crippen molar-refractivity contribution in [1.82, 2.24) is 10.2 Å². The zero-order valence-corrected chi connectivity index (χ0v) is 14.2. The van der Waals surface area contributed by atoms with E-state index in [9.17, 15) is 0 Å². The number of nitrogens with two attached hydrogens (primary N) is 1. The third kappa shape index (κ3) is 2.53. The van der Waals surface area contributed by atoms with Crippen molar-refractivity contribution in [2.75, 3.05) is 12.0 Å². The lowest BCUT2D eigenvalue weighted by Gasteiger charge is -2.04. The van der Waals surface area contributed by atoms with E-state index in [2.05, 4.69) is 10.2 Å². The van der Waals surface area contributed by atoms with E-state index in [-0.39, 0.29) is 6.01 Å². The first-order chi connectivity index (χ1) is 11.7. The van der Waals surface area contributed by atoms with E-state index in [0.29, 0.717) is 5.89 Å². The van der Waals surface area contributed by atoms with E-state index in [1.165, 1.54) is 0 Å². The van der Waals surface area contributed by atoms with Crippen LogP contribution in [0.15, 0.2) is 56.4 Å². The maximum absolute atomic E-state index is 6.33. The van der Waals surface area contributed by atoms with Gasteiger partial charge in [-0.15, -0.1) is 16.9 Å². The number of thioether (sulfide) groups is 1. The molecule has 0 fully saturated rings. The van der Waals surface area contributed by atoms with Crippen molar-refractivity contribution < 1.29 is 8.83 Å². The average Bonchev–Trinajstić information content (AvgIpc) is 3.20. The van der Waals surface area contributed by atoms with Crippen LogP contribution in [0.5, 0.6) is 0 Å². The molecule has 5 nitrogen and oxygen atoms in total. The number of aromatic nitrogens is 2. The highest BCUT2D eigenvalue weighted by molar-refractivity contribution is 7.98. The van der Waals surface area contributed by atoms with E-state index in [4.69, 9.17) is 26.2 Å². The fourth-order valence-electron chi connectivity index (χ4n) is 2.57. The number of hydrogen-bond donors (Lipinski definition) is 1. The Kier molecular flexibility index (Phi) is 3.70. The second kappa shape index (κ2) is 5.89. The van der Waals surface area contributed by atoms with Gasteiger partial charge in [-0.05, 0) is 42.2 Å². The number of anilines is 1. The molecule has 0 atom stereocenters. The fourth-order valence-corrected chi connectivity index (χ4v) is 3.44. The van der Waals surface area contributed by atoms with E-state index in [0.717, 1.165) is 37.6 Å². The first-order valence-electron chi connectivity index (χ1n) is 7.10. The maximum Gasteiger partial charge on any atom is 0.313 e. The lowest BCUT2D eigenvalue weighted by molar-refractivity contribution is 0.590. The average molecular weight is 358 g/mol.